The first-order chi connectivity index (χ1) is 19.7. The first-order valence-corrected chi connectivity index (χ1v) is 14.7. The molecule has 6 rings (SSSR count). The van der Waals surface area contributed by atoms with Gasteiger partial charge in [-0.25, -0.2) is 4.98 Å². The van der Waals surface area contributed by atoms with Crippen molar-refractivity contribution in [3.63, 3.8) is 0 Å². The van der Waals surface area contributed by atoms with Crippen LogP contribution in [0.5, 0.6) is 5.75 Å². The monoisotopic (exact) mass is 534 g/mol. The Kier molecular flexibility index (Phi) is 8.24. The van der Waals surface area contributed by atoms with Crippen LogP contribution in [-0.2, 0) is 13.1 Å². The molecule has 0 saturated heterocycles. The predicted molar refractivity (Wildman–Crippen MR) is 158 cm³/mol. The van der Waals surface area contributed by atoms with Gasteiger partial charge in [-0.05, 0) is 41.5 Å². The molecule has 40 heavy (non-hydrogen) atoms. The largest absolute Gasteiger partial charge is 0.492 e. The molecule has 1 aromatic heterocycles. The third-order valence-corrected chi connectivity index (χ3v) is 8.34. The zero-order chi connectivity index (χ0) is 27.1. The fourth-order valence-electron chi connectivity index (χ4n) is 6.03. The van der Waals surface area contributed by atoms with Crippen LogP contribution in [0.1, 0.15) is 71.7 Å². The van der Waals surface area contributed by atoms with Crippen LogP contribution in [0.3, 0.4) is 0 Å². The molecule has 1 unspecified atom stereocenters. The number of hydrogen-bond donors (Lipinski definition) is 2. The summed E-state index contributed by atoms with van der Waals surface area (Å²) in [6.45, 7) is 2.79. The second kappa shape index (κ2) is 12.5. The van der Waals surface area contributed by atoms with Crippen LogP contribution in [0.15, 0.2) is 85.3 Å². The van der Waals surface area contributed by atoms with Crippen LogP contribution >= 0.6 is 0 Å². The molecule has 3 aromatic carbocycles. The number of rotatable bonds is 9. The molecule has 206 valence electrons. The number of para-hydroxylation sites is 1. The number of amides is 1. The zero-order valence-corrected chi connectivity index (χ0v) is 23.0. The topological polar surface area (TPSA) is 68.2 Å². The summed E-state index contributed by atoms with van der Waals surface area (Å²) in [4.78, 5) is 17.5. The molecular formula is C34H38N4O2. The first-order valence-electron chi connectivity index (χ1n) is 14.7. The van der Waals surface area contributed by atoms with Gasteiger partial charge in [-0.2, -0.15) is 0 Å². The molecule has 1 saturated carbocycles. The maximum atomic E-state index is 13.1. The highest BCUT2D eigenvalue weighted by molar-refractivity contribution is 5.97. The van der Waals surface area contributed by atoms with E-state index in [4.69, 9.17) is 4.74 Å². The summed E-state index contributed by atoms with van der Waals surface area (Å²) >= 11 is 0. The zero-order valence-electron chi connectivity index (χ0n) is 23.0. The molecule has 1 amide bonds. The van der Waals surface area contributed by atoms with Crippen LogP contribution in [-0.4, -0.2) is 28.6 Å². The van der Waals surface area contributed by atoms with E-state index in [1.165, 1.54) is 48.8 Å². The van der Waals surface area contributed by atoms with E-state index in [0.29, 0.717) is 24.6 Å². The fourth-order valence-corrected chi connectivity index (χ4v) is 6.03. The van der Waals surface area contributed by atoms with E-state index in [1.807, 2.05) is 30.7 Å². The van der Waals surface area contributed by atoms with Gasteiger partial charge >= 0.3 is 0 Å². The first kappa shape index (κ1) is 26.3. The van der Waals surface area contributed by atoms with E-state index >= 15 is 0 Å². The third-order valence-electron chi connectivity index (χ3n) is 8.34. The molecule has 0 bridgehead atoms. The Balaban J connectivity index is 1.09. The second-order valence-electron chi connectivity index (χ2n) is 11.1. The van der Waals surface area contributed by atoms with Crippen LogP contribution in [0.25, 0.3) is 11.1 Å². The lowest BCUT2D eigenvalue weighted by atomic mass is 9.89. The van der Waals surface area contributed by atoms with Crippen molar-refractivity contribution in [1.29, 1.82) is 0 Å². The Hall–Kier alpha value is -3.90. The number of nitrogens with zero attached hydrogens (tertiary/aromatic N) is 2. The average Bonchev–Trinajstić information content (AvgIpc) is 3.46. The Bertz CT molecular complexity index is 1410. The second-order valence-corrected chi connectivity index (χ2v) is 11.1. The van der Waals surface area contributed by atoms with Crippen LogP contribution in [0.4, 0.5) is 0 Å². The molecule has 0 spiro atoms. The summed E-state index contributed by atoms with van der Waals surface area (Å²) in [6.07, 6.45) is 11.0. The van der Waals surface area contributed by atoms with Gasteiger partial charge in [0.05, 0.1) is 24.2 Å². The van der Waals surface area contributed by atoms with Crippen molar-refractivity contribution >= 4 is 5.91 Å². The Labute approximate surface area is 236 Å². The standard InChI is InChI=1S/C34H38N4O2/c39-34(37-20-25-8-3-1-4-9-25)31-13-7-12-30-32(18-19-40-33(30)31)36-22-29-21-35-24-38(29)23-26-14-16-28(17-15-26)27-10-5-2-6-11-27/h2,5-7,10-17,21,24-25,32,36H,1,3-4,8-9,18-20,22-23H2,(H,37,39). The average molecular weight is 535 g/mol. The highest BCUT2D eigenvalue weighted by Gasteiger charge is 2.26. The van der Waals surface area contributed by atoms with Crippen molar-refractivity contribution < 1.29 is 9.53 Å². The minimum atomic E-state index is -0.0283. The summed E-state index contributed by atoms with van der Waals surface area (Å²) in [7, 11) is 0. The molecule has 2 heterocycles. The number of carbonyl (C=O) groups is 1. The van der Waals surface area contributed by atoms with Gasteiger partial charge in [-0.3, -0.25) is 4.79 Å². The van der Waals surface area contributed by atoms with Gasteiger partial charge in [-0.1, -0.05) is 86.0 Å². The van der Waals surface area contributed by atoms with Crippen molar-refractivity contribution in [2.24, 2.45) is 5.92 Å². The van der Waals surface area contributed by atoms with Gasteiger partial charge in [0.15, 0.2) is 0 Å². The summed E-state index contributed by atoms with van der Waals surface area (Å²) in [6, 6.07) is 25.2. The normalized spacial score (nSPS) is 17.1. The summed E-state index contributed by atoms with van der Waals surface area (Å²) in [5, 5.41) is 6.89. The number of hydrogen-bond acceptors (Lipinski definition) is 4. The molecule has 1 aliphatic carbocycles. The molecule has 2 aliphatic rings. The molecule has 1 atom stereocenters. The summed E-state index contributed by atoms with van der Waals surface area (Å²) in [5.74, 6) is 1.29. The molecule has 4 aromatic rings. The van der Waals surface area contributed by atoms with E-state index < -0.39 is 0 Å². The van der Waals surface area contributed by atoms with Crippen molar-refractivity contribution in [2.45, 2.75) is 57.7 Å². The van der Waals surface area contributed by atoms with Crippen molar-refractivity contribution in [3.05, 3.63) is 108 Å². The van der Waals surface area contributed by atoms with Crippen molar-refractivity contribution in [2.75, 3.05) is 13.2 Å². The van der Waals surface area contributed by atoms with E-state index in [2.05, 4.69) is 74.8 Å². The number of ether oxygens (including phenoxy) is 1. The van der Waals surface area contributed by atoms with E-state index in [9.17, 15) is 4.79 Å². The number of imidazole rings is 1. The number of fused-ring (bicyclic) bond motifs is 1. The van der Waals surface area contributed by atoms with Gasteiger partial charge in [0.2, 0.25) is 0 Å². The van der Waals surface area contributed by atoms with E-state index in [-0.39, 0.29) is 11.9 Å². The van der Waals surface area contributed by atoms with Crippen LogP contribution in [0, 0.1) is 5.92 Å². The van der Waals surface area contributed by atoms with E-state index in [0.717, 1.165) is 36.5 Å². The number of carbonyl (C=O) groups excluding carboxylic acids is 1. The van der Waals surface area contributed by atoms with Crippen LogP contribution in [0.2, 0.25) is 0 Å². The van der Waals surface area contributed by atoms with Gasteiger partial charge in [0, 0.05) is 43.9 Å². The van der Waals surface area contributed by atoms with Crippen molar-refractivity contribution in [1.82, 2.24) is 20.2 Å². The third kappa shape index (κ3) is 6.13. The van der Waals surface area contributed by atoms with Gasteiger partial charge in [0.25, 0.3) is 5.91 Å². The number of nitrogens with one attached hydrogen (secondary N) is 2. The molecule has 0 radical (unpaired) electrons. The molecule has 6 nitrogen and oxygen atoms in total. The van der Waals surface area contributed by atoms with Gasteiger partial charge in [0.1, 0.15) is 5.75 Å². The number of benzene rings is 3. The molecular weight excluding hydrogens is 496 g/mol. The number of aromatic nitrogens is 2. The van der Waals surface area contributed by atoms with Gasteiger partial charge < -0.3 is 19.9 Å². The maximum Gasteiger partial charge on any atom is 0.255 e. The van der Waals surface area contributed by atoms with Crippen LogP contribution < -0.4 is 15.4 Å². The maximum absolute atomic E-state index is 13.1. The molecule has 1 fully saturated rings. The molecule has 6 heteroatoms. The van der Waals surface area contributed by atoms with Crippen molar-refractivity contribution in [3.8, 4) is 16.9 Å². The molecule has 2 N–H and O–H groups in total. The fraction of sp³-hybridized carbons (Fsp3) is 0.353. The Morgan fingerprint density at radius 2 is 1.70 bits per heavy atom. The summed E-state index contributed by atoms with van der Waals surface area (Å²) in [5.41, 5.74) is 6.50. The Morgan fingerprint density at radius 1 is 0.900 bits per heavy atom. The summed E-state index contributed by atoms with van der Waals surface area (Å²) < 4.78 is 8.26. The minimum absolute atomic E-state index is 0.0283. The minimum Gasteiger partial charge on any atom is -0.492 e. The molecule has 1 aliphatic heterocycles. The SMILES string of the molecule is O=C(NCC1CCCCC1)c1cccc2c1OCCC2NCc1cncn1Cc1ccc(-c2ccccc2)cc1. The Morgan fingerprint density at radius 3 is 2.52 bits per heavy atom. The predicted octanol–water partition coefficient (Wildman–Crippen LogP) is 6.52. The smallest absolute Gasteiger partial charge is 0.255 e. The lowest BCUT2D eigenvalue weighted by molar-refractivity contribution is 0.0937. The highest BCUT2D eigenvalue weighted by atomic mass is 16.5. The quantitative estimate of drug-likeness (QED) is 0.256. The van der Waals surface area contributed by atoms with E-state index in [1.54, 1.807) is 0 Å². The lowest BCUT2D eigenvalue weighted by Crippen LogP contribution is -2.32. The van der Waals surface area contributed by atoms with Gasteiger partial charge in [-0.15, -0.1) is 0 Å². The lowest BCUT2D eigenvalue weighted by Gasteiger charge is -2.28. The highest BCUT2D eigenvalue weighted by Crippen LogP contribution is 2.35.